The lowest BCUT2D eigenvalue weighted by atomic mass is 9.80. The summed E-state index contributed by atoms with van der Waals surface area (Å²) in [5.41, 5.74) is -1.69. The molecule has 7 nitrogen and oxygen atoms in total. The third kappa shape index (κ3) is 3.30. The van der Waals surface area contributed by atoms with Gasteiger partial charge in [-0.15, -0.1) is 0 Å². The Labute approximate surface area is 135 Å². The first-order valence-electron chi connectivity index (χ1n) is 7.87. The van der Waals surface area contributed by atoms with Gasteiger partial charge in [0.25, 0.3) is 0 Å². The van der Waals surface area contributed by atoms with Crippen molar-refractivity contribution in [1.29, 1.82) is 0 Å². The molecule has 2 fully saturated rings. The summed E-state index contributed by atoms with van der Waals surface area (Å²) in [6.45, 7) is 6.29. The molecule has 0 saturated carbocycles. The van der Waals surface area contributed by atoms with Crippen LogP contribution in [0.3, 0.4) is 0 Å². The van der Waals surface area contributed by atoms with Gasteiger partial charge in [0.1, 0.15) is 11.2 Å². The zero-order valence-electron chi connectivity index (χ0n) is 13.7. The van der Waals surface area contributed by atoms with Crippen molar-refractivity contribution >= 4 is 6.09 Å². The molecule has 0 radical (unpaired) electrons. The number of hydrogen-bond donors (Lipinski definition) is 1. The van der Waals surface area contributed by atoms with Gasteiger partial charge in [-0.25, -0.2) is 14.8 Å². The molecule has 2 atom stereocenters. The van der Waals surface area contributed by atoms with Gasteiger partial charge in [-0.05, 0) is 26.8 Å². The molecule has 1 amide bonds. The molecule has 2 aliphatic rings. The monoisotopic (exact) mass is 321 g/mol. The van der Waals surface area contributed by atoms with Crippen molar-refractivity contribution in [3.63, 3.8) is 0 Å². The highest BCUT2D eigenvalue weighted by atomic mass is 16.6. The van der Waals surface area contributed by atoms with Gasteiger partial charge in [-0.1, -0.05) is 0 Å². The molecular weight excluding hydrogens is 298 g/mol. The van der Waals surface area contributed by atoms with E-state index >= 15 is 0 Å². The summed E-state index contributed by atoms with van der Waals surface area (Å²) < 4.78 is 11.1. The van der Waals surface area contributed by atoms with Crippen molar-refractivity contribution in [2.75, 3.05) is 13.2 Å². The number of carbonyl (C=O) groups is 1. The highest BCUT2D eigenvalue weighted by Crippen LogP contribution is 2.40. The van der Waals surface area contributed by atoms with Gasteiger partial charge < -0.3 is 14.6 Å². The maximum absolute atomic E-state index is 12.5. The van der Waals surface area contributed by atoms with Crippen molar-refractivity contribution < 1.29 is 19.4 Å². The second-order valence-electron chi connectivity index (χ2n) is 7.24. The Bertz CT molecular complexity index is 558. The average molecular weight is 321 g/mol. The third-order valence-corrected chi connectivity index (χ3v) is 4.14. The molecule has 1 aromatic rings. The predicted molar refractivity (Wildman–Crippen MR) is 81.6 cm³/mol. The Balaban J connectivity index is 1.82. The molecule has 3 heterocycles. The Morgan fingerprint density at radius 1 is 1.30 bits per heavy atom. The van der Waals surface area contributed by atoms with E-state index < -0.39 is 11.2 Å². The summed E-state index contributed by atoms with van der Waals surface area (Å²) in [6.07, 6.45) is 3.56. The van der Waals surface area contributed by atoms with Crippen LogP contribution in [0.2, 0.25) is 0 Å². The van der Waals surface area contributed by atoms with Gasteiger partial charge in [0, 0.05) is 25.2 Å². The lowest BCUT2D eigenvalue weighted by molar-refractivity contribution is -0.144. The summed E-state index contributed by atoms with van der Waals surface area (Å²) in [7, 11) is 0. The number of carbonyl (C=O) groups excluding carboxylic acids is 1. The second-order valence-corrected chi connectivity index (χ2v) is 7.24. The van der Waals surface area contributed by atoms with Crippen molar-refractivity contribution in [2.24, 2.45) is 0 Å². The Morgan fingerprint density at radius 3 is 2.39 bits per heavy atom. The number of piperidine rings is 1. The minimum absolute atomic E-state index is 0.244. The number of morpholine rings is 1. The highest BCUT2D eigenvalue weighted by molar-refractivity contribution is 5.69. The summed E-state index contributed by atoms with van der Waals surface area (Å²) in [5.74, 6) is 0.403. The van der Waals surface area contributed by atoms with Gasteiger partial charge in [0.2, 0.25) is 0 Å². The fraction of sp³-hybridized carbons (Fsp3) is 0.688. The van der Waals surface area contributed by atoms with Crippen LogP contribution in [0.4, 0.5) is 4.79 Å². The van der Waals surface area contributed by atoms with Gasteiger partial charge in [-0.2, -0.15) is 0 Å². The lowest BCUT2D eigenvalue weighted by Crippen LogP contribution is -2.63. The van der Waals surface area contributed by atoms with E-state index in [1.807, 2.05) is 20.8 Å². The zero-order chi connectivity index (χ0) is 16.7. The lowest BCUT2D eigenvalue weighted by Gasteiger charge is -2.50. The summed E-state index contributed by atoms with van der Waals surface area (Å²) >= 11 is 0. The zero-order valence-corrected chi connectivity index (χ0v) is 13.7. The molecule has 7 heteroatoms. The standard InChI is InChI=1S/C16H23N3O4/c1-15(2,3)23-14(20)19-11-7-16(21,8-12(19)10-22-9-11)13-17-5-4-6-18-13/h4-6,11-12,21H,7-10H2,1-3H3. The maximum atomic E-state index is 12.5. The fourth-order valence-electron chi connectivity index (χ4n) is 3.31. The molecule has 2 aliphatic heterocycles. The quantitative estimate of drug-likeness (QED) is 0.843. The SMILES string of the molecule is CC(C)(C)OC(=O)N1C2COCC1CC(O)(c1ncccn1)C2. The maximum Gasteiger partial charge on any atom is 0.410 e. The largest absolute Gasteiger partial charge is 0.444 e. The van der Waals surface area contributed by atoms with Crippen LogP contribution in [0.25, 0.3) is 0 Å². The molecule has 2 bridgehead atoms. The number of aromatic nitrogens is 2. The minimum Gasteiger partial charge on any atom is -0.444 e. The molecule has 0 aliphatic carbocycles. The molecule has 126 valence electrons. The molecule has 1 aromatic heterocycles. The first kappa shape index (κ1) is 16.1. The minimum atomic E-state index is -1.14. The number of rotatable bonds is 1. The number of aliphatic hydroxyl groups is 1. The van der Waals surface area contributed by atoms with E-state index in [0.717, 1.165) is 0 Å². The van der Waals surface area contributed by atoms with Crippen LogP contribution in [0, 0.1) is 0 Å². The normalized spacial score (nSPS) is 30.9. The van der Waals surface area contributed by atoms with E-state index in [9.17, 15) is 9.90 Å². The molecular formula is C16H23N3O4. The van der Waals surface area contributed by atoms with E-state index in [-0.39, 0.29) is 18.2 Å². The van der Waals surface area contributed by atoms with Crippen LogP contribution in [0.1, 0.15) is 39.4 Å². The number of ether oxygens (including phenoxy) is 2. The second kappa shape index (κ2) is 5.72. The Morgan fingerprint density at radius 2 is 1.87 bits per heavy atom. The molecule has 2 unspecified atom stereocenters. The van der Waals surface area contributed by atoms with Gasteiger partial charge >= 0.3 is 6.09 Å². The van der Waals surface area contributed by atoms with Crippen LogP contribution >= 0.6 is 0 Å². The number of nitrogens with zero attached hydrogens (tertiary/aromatic N) is 3. The van der Waals surface area contributed by atoms with Crippen LogP contribution in [-0.4, -0.2) is 57.0 Å². The molecule has 0 spiro atoms. The molecule has 0 aromatic carbocycles. The molecule has 2 saturated heterocycles. The van der Waals surface area contributed by atoms with Crippen molar-refractivity contribution in [2.45, 2.75) is 56.9 Å². The van der Waals surface area contributed by atoms with Crippen molar-refractivity contribution in [3.05, 3.63) is 24.3 Å². The van der Waals surface area contributed by atoms with Gasteiger partial charge in [-0.3, -0.25) is 4.90 Å². The van der Waals surface area contributed by atoms with E-state index in [4.69, 9.17) is 9.47 Å². The Hall–Kier alpha value is -1.73. The van der Waals surface area contributed by atoms with Gasteiger partial charge in [0.15, 0.2) is 5.82 Å². The summed E-state index contributed by atoms with van der Waals surface area (Å²) in [5, 5.41) is 11.0. The predicted octanol–water partition coefficient (Wildman–Crippen LogP) is 1.46. The van der Waals surface area contributed by atoms with E-state index in [0.29, 0.717) is 31.9 Å². The number of hydrogen-bond acceptors (Lipinski definition) is 6. The average Bonchev–Trinajstić information content (AvgIpc) is 2.45. The van der Waals surface area contributed by atoms with Gasteiger partial charge in [0.05, 0.1) is 25.3 Å². The van der Waals surface area contributed by atoms with Crippen LogP contribution in [0.15, 0.2) is 18.5 Å². The Kier molecular flexibility index (Phi) is 4.01. The van der Waals surface area contributed by atoms with E-state index in [1.165, 1.54) is 0 Å². The molecule has 3 rings (SSSR count). The number of fused-ring (bicyclic) bond motifs is 2. The summed E-state index contributed by atoms with van der Waals surface area (Å²) in [4.78, 5) is 22.6. The first-order chi connectivity index (χ1) is 10.8. The first-order valence-corrected chi connectivity index (χ1v) is 7.87. The van der Waals surface area contributed by atoms with E-state index in [1.54, 1.807) is 23.4 Å². The third-order valence-electron chi connectivity index (χ3n) is 4.14. The van der Waals surface area contributed by atoms with Crippen molar-refractivity contribution in [1.82, 2.24) is 14.9 Å². The highest BCUT2D eigenvalue weighted by Gasteiger charge is 2.51. The fourth-order valence-corrected chi connectivity index (χ4v) is 3.31. The summed E-state index contributed by atoms with van der Waals surface area (Å²) in [6, 6.07) is 1.23. The molecule has 23 heavy (non-hydrogen) atoms. The van der Waals surface area contributed by atoms with Crippen molar-refractivity contribution in [3.8, 4) is 0 Å². The van der Waals surface area contributed by atoms with Crippen LogP contribution < -0.4 is 0 Å². The molecule has 1 N–H and O–H groups in total. The smallest absolute Gasteiger partial charge is 0.410 e. The number of amides is 1. The topological polar surface area (TPSA) is 84.8 Å². The van der Waals surface area contributed by atoms with E-state index in [2.05, 4.69) is 9.97 Å². The van der Waals surface area contributed by atoms with Crippen LogP contribution in [-0.2, 0) is 15.1 Å². The van der Waals surface area contributed by atoms with Crippen LogP contribution in [0.5, 0.6) is 0 Å².